The Morgan fingerprint density at radius 1 is 1.30 bits per heavy atom. The predicted octanol–water partition coefficient (Wildman–Crippen LogP) is 2.85. The summed E-state index contributed by atoms with van der Waals surface area (Å²) in [6.07, 6.45) is 1.58. The van der Waals surface area contributed by atoms with Crippen LogP contribution >= 0.6 is 0 Å². The van der Waals surface area contributed by atoms with Crippen LogP contribution < -0.4 is 14.8 Å². The molecule has 1 aliphatic rings. The molecular formula is C25H28FN5O8S. The maximum absolute atomic E-state index is 14.1. The van der Waals surface area contributed by atoms with Gasteiger partial charge in [0.25, 0.3) is 11.6 Å². The van der Waals surface area contributed by atoms with Crippen molar-refractivity contribution < 1.29 is 36.7 Å². The van der Waals surface area contributed by atoms with E-state index in [9.17, 15) is 27.7 Å². The number of methoxy groups -OCH3 is 1. The third-order valence-electron chi connectivity index (χ3n) is 6.08. The second kappa shape index (κ2) is 12.5. The van der Waals surface area contributed by atoms with Gasteiger partial charge in [-0.15, -0.1) is 0 Å². The molecule has 4 rings (SSSR count). The fourth-order valence-corrected chi connectivity index (χ4v) is 5.22. The number of non-ortho nitro benzene ring substituents is 1. The van der Waals surface area contributed by atoms with Gasteiger partial charge in [0.15, 0.2) is 5.69 Å². The first-order chi connectivity index (χ1) is 19.1. The van der Waals surface area contributed by atoms with Crippen LogP contribution in [0.15, 0.2) is 47.4 Å². The van der Waals surface area contributed by atoms with Gasteiger partial charge in [-0.05, 0) is 44.0 Å². The number of nitro benzene ring substituents is 1. The molecule has 2 heterocycles. The predicted molar refractivity (Wildman–Crippen MR) is 140 cm³/mol. The van der Waals surface area contributed by atoms with Crippen molar-refractivity contribution in [2.45, 2.75) is 30.8 Å². The molecule has 1 amide bonds. The number of nitro groups is 1. The van der Waals surface area contributed by atoms with Crippen molar-refractivity contribution >= 4 is 21.6 Å². The molecule has 13 nitrogen and oxygen atoms in total. The Morgan fingerprint density at radius 3 is 2.77 bits per heavy atom. The number of sulfonamides is 1. The second-order valence-corrected chi connectivity index (χ2v) is 10.6. The molecule has 1 atom stereocenters. The van der Waals surface area contributed by atoms with Gasteiger partial charge in [-0.2, -0.15) is 9.78 Å². The first kappa shape index (κ1) is 29.1. The summed E-state index contributed by atoms with van der Waals surface area (Å²) >= 11 is 0. The molecule has 214 valence electrons. The minimum atomic E-state index is -4.31. The van der Waals surface area contributed by atoms with Gasteiger partial charge in [0.2, 0.25) is 15.9 Å². The molecule has 0 saturated carbocycles. The number of rotatable bonds is 12. The number of hydrogen-bond donors (Lipinski definition) is 2. The van der Waals surface area contributed by atoms with E-state index in [0.717, 1.165) is 41.8 Å². The summed E-state index contributed by atoms with van der Waals surface area (Å²) in [5.41, 5.74) is -0.102. The Kier molecular flexibility index (Phi) is 9.09. The number of carbonyl (C=O) groups excluding carboxylic acids is 1. The Hall–Kier alpha value is -3.92. The summed E-state index contributed by atoms with van der Waals surface area (Å²) < 4.78 is 60.2. The Bertz CT molecular complexity index is 1500. The van der Waals surface area contributed by atoms with Gasteiger partial charge in [-0.1, -0.05) is 6.07 Å². The molecule has 1 aromatic heterocycles. The lowest BCUT2D eigenvalue weighted by Crippen LogP contribution is -2.32. The fourth-order valence-electron chi connectivity index (χ4n) is 4.06. The maximum atomic E-state index is 14.1. The minimum Gasteiger partial charge on any atom is -0.437 e. The summed E-state index contributed by atoms with van der Waals surface area (Å²) in [4.78, 5) is 23.2. The molecular weight excluding hydrogens is 549 g/mol. The van der Waals surface area contributed by atoms with Crippen molar-refractivity contribution in [3.8, 4) is 17.3 Å². The van der Waals surface area contributed by atoms with Crippen LogP contribution in [-0.2, 0) is 19.5 Å². The molecule has 0 aliphatic carbocycles. The van der Waals surface area contributed by atoms with Gasteiger partial charge in [0.1, 0.15) is 16.5 Å². The van der Waals surface area contributed by atoms with E-state index in [0.29, 0.717) is 6.61 Å². The summed E-state index contributed by atoms with van der Waals surface area (Å²) in [6, 6.07) is 8.41. The summed E-state index contributed by atoms with van der Waals surface area (Å²) in [5, 5.41) is 18.5. The molecule has 0 spiro atoms. The van der Waals surface area contributed by atoms with Gasteiger partial charge < -0.3 is 19.5 Å². The highest BCUT2D eigenvalue weighted by atomic mass is 32.2. The largest absolute Gasteiger partial charge is 0.437 e. The zero-order chi connectivity index (χ0) is 28.9. The first-order valence-corrected chi connectivity index (χ1v) is 13.8. The van der Waals surface area contributed by atoms with E-state index in [1.165, 1.54) is 32.2 Å². The number of hydrogen-bond acceptors (Lipinski definition) is 9. The van der Waals surface area contributed by atoms with E-state index in [1.807, 2.05) is 0 Å². The highest BCUT2D eigenvalue weighted by Crippen LogP contribution is 2.35. The number of benzene rings is 2. The zero-order valence-corrected chi connectivity index (χ0v) is 22.6. The molecule has 0 unspecified atom stereocenters. The van der Waals surface area contributed by atoms with Crippen molar-refractivity contribution in [2.24, 2.45) is 0 Å². The molecule has 0 bridgehead atoms. The molecule has 1 aliphatic heterocycles. The highest BCUT2D eigenvalue weighted by Gasteiger charge is 2.28. The zero-order valence-electron chi connectivity index (χ0n) is 21.8. The lowest BCUT2D eigenvalue weighted by Gasteiger charge is -2.14. The average Bonchev–Trinajstić information content (AvgIpc) is 3.56. The Labute approximate surface area is 229 Å². The standard InChI is InChI=1S/C25H28FN5O8S/c1-16-23(24(32)27-15-20-7-4-11-38-20)29-30(18-6-3-5-17(26)13-18)25(16)39-21-9-8-19(31(33)34)14-22(21)40(35,36)28-10-12-37-2/h3,5-6,8-9,13-14,20,28H,4,7,10-12,15H2,1-2H3,(H,27,32)/t20-/m0/s1. The summed E-state index contributed by atoms with van der Waals surface area (Å²) in [5.74, 6) is -1.48. The van der Waals surface area contributed by atoms with Crippen molar-refractivity contribution in [3.63, 3.8) is 0 Å². The van der Waals surface area contributed by atoms with E-state index >= 15 is 0 Å². The van der Waals surface area contributed by atoms with Gasteiger partial charge in [-0.3, -0.25) is 14.9 Å². The van der Waals surface area contributed by atoms with Crippen molar-refractivity contribution in [2.75, 3.05) is 33.4 Å². The first-order valence-electron chi connectivity index (χ1n) is 12.3. The number of nitrogens with zero attached hydrogens (tertiary/aromatic N) is 3. The van der Waals surface area contributed by atoms with Gasteiger partial charge in [-0.25, -0.2) is 17.5 Å². The van der Waals surface area contributed by atoms with E-state index in [4.69, 9.17) is 14.2 Å². The molecule has 2 aromatic carbocycles. The summed E-state index contributed by atoms with van der Waals surface area (Å²) in [6.45, 7) is 2.37. The second-order valence-electron chi connectivity index (χ2n) is 8.90. The van der Waals surface area contributed by atoms with Gasteiger partial charge >= 0.3 is 0 Å². The van der Waals surface area contributed by atoms with Crippen molar-refractivity contribution in [1.29, 1.82) is 0 Å². The Balaban J connectivity index is 1.77. The number of amides is 1. The molecule has 1 fully saturated rings. The Morgan fingerprint density at radius 2 is 2.10 bits per heavy atom. The van der Waals surface area contributed by atoms with Crippen LogP contribution in [0.1, 0.15) is 28.9 Å². The summed E-state index contributed by atoms with van der Waals surface area (Å²) in [7, 11) is -2.92. The SMILES string of the molecule is COCCNS(=O)(=O)c1cc([N+](=O)[O-])ccc1Oc1c(C)c(C(=O)NC[C@@H]2CCCO2)nn1-c1cccc(F)c1. The van der Waals surface area contributed by atoms with Crippen LogP contribution in [0.25, 0.3) is 5.69 Å². The third kappa shape index (κ3) is 6.62. The van der Waals surface area contributed by atoms with Crippen LogP contribution in [0.5, 0.6) is 11.6 Å². The number of nitrogens with one attached hydrogen (secondary N) is 2. The lowest BCUT2D eigenvalue weighted by atomic mass is 10.2. The van der Waals surface area contributed by atoms with Crippen LogP contribution in [0.2, 0.25) is 0 Å². The number of carbonyl (C=O) groups is 1. The monoisotopic (exact) mass is 577 g/mol. The van der Waals surface area contributed by atoms with Gasteiger partial charge in [0.05, 0.1) is 23.3 Å². The molecule has 40 heavy (non-hydrogen) atoms. The average molecular weight is 578 g/mol. The smallest absolute Gasteiger partial charge is 0.272 e. The van der Waals surface area contributed by atoms with Crippen LogP contribution in [0.3, 0.4) is 0 Å². The van der Waals surface area contributed by atoms with Gasteiger partial charge in [0, 0.05) is 44.5 Å². The topological polar surface area (TPSA) is 164 Å². The number of halogens is 1. The molecule has 0 radical (unpaired) electrons. The van der Waals surface area contributed by atoms with E-state index in [-0.39, 0.29) is 54.4 Å². The van der Waals surface area contributed by atoms with E-state index in [1.54, 1.807) is 0 Å². The van der Waals surface area contributed by atoms with Crippen LogP contribution in [-0.4, -0.2) is 68.5 Å². The van der Waals surface area contributed by atoms with Crippen molar-refractivity contribution in [3.05, 3.63) is 69.7 Å². The van der Waals surface area contributed by atoms with E-state index < -0.39 is 37.3 Å². The molecule has 15 heteroatoms. The molecule has 2 N–H and O–H groups in total. The van der Waals surface area contributed by atoms with E-state index in [2.05, 4.69) is 15.1 Å². The number of aromatic nitrogens is 2. The molecule has 3 aromatic rings. The normalized spacial score (nSPS) is 15.2. The third-order valence-corrected chi connectivity index (χ3v) is 7.57. The van der Waals surface area contributed by atoms with Crippen molar-refractivity contribution in [1.82, 2.24) is 19.8 Å². The number of ether oxygens (including phenoxy) is 3. The molecule has 1 saturated heterocycles. The van der Waals surface area contributed by atoms with Crippen LogP contribution in [0.4, 0.5) is 10.1 Å². The minimum absolute atomic E-state index is 0.0400. The lowest BCUT2D eigenvalue weighted by molar-refractivity contribution is -0.385. The van der Waals surface area contributed by atoms with Crippen LogP contribution in [0, 0.1) is 22.9 Å². The highest BCUT2D eigenvalue weighted by molar-refractivity contribution is 7.89. The quantitative estimate of drug-likeness (QED) is 0.187. The fraction of sp³-hybridized carbons (Fsp3) is 0.360. The maximum Gasteiger partial charge on any atom is 0.272 e.